The van der Waals surface area contributed by atoms with Crippen molar-refractivity contribution in [3.8, 4) is 0 Å². The van der Waals surface area contributed by atoms with Gasteiger partial charge in [-0.1, -0.05) is 0 Å². The van der Waals surface area contributed by atoms with Gasteiger partial charge in [-0.15, -0.1) is 0 Å². The minimum atomic E-state index is -1.59. The van der Waals surface area contributed by atoms with E-state index in [9.17, 15) is 18.3 Å². The minimum Gasteiger partial charge on any atom is -0.495 e. The summed E-state index contributed by atoms with van der Waals surface area (Å²) in [5, 5.41) is 9.69. The van der Waals surface area contributed by atoms with E-state index in [1.807, 2.05) is 0 Å². The molecule has 0 bridgehead atoms. The zero-order valence-corrected chi connectivity index (χ0v) is 8.21. The van der Waals surface area contributed by atoms with Crippen LogP contribution in [0.1, 0.15) is 18.1 Å². The third-order valence-corrected chi connectivity index (χ3v) is 2.36. The van der Waals surface area contributed by atoms with E-state index < -0.39 is 23.6 Å². The molecule has 1 N–H and O–H groups in total. The summed E-state index contributed by atoms with van der Waals surface area (Å²) in [5.41, 5.74) is -0.327. The maximum atomic E-state index is 13.3. The molecule has 1 aromatic rings. The molecule has 2 nitrogen and oxygen atoms in total. The number of ether oxygens (including phenoxy) is 1. The largest absolute Gasteiger partial charge is 0.495 e. The Morgan fingerprint density at radius 2 is 1.94 bits per heavy atom. The molecule has 2 rings (SSSR count). The van der Waals surface area contributed by atoms with Crippen LogP contribution >= 0.6 is 0 Å². The lowest BCUT2D eigenvalue weighted by Crippen LogP contribution is -2.07. The summed E-state index contributed by atoms with van der Waals surface area (Å²) in [7, 11) is 0. The standard InChI is InChI=1S/C11H9F3O2/c12-7-4-3-6(9(13)10(7)14)11(15)8-2-1-5-16-8/h2-4,11,15H,1,5H2. The first-order valence-electron chi connectivity index (χ1n) is 4.75. The molecule has 0 saturated heterocycles. The molecule has 1 aliphatic rings. The normalized spacial score (nSPS) is 16.9. The van der Waals surface area contributed by atoms with Crippen LogP contribution in [-0.4, -0.2) is 11.7 Å². The van der Waals surface area contributed by atoms with Crippen LogP contribution in [0.2, 0.25) is 0 Å². The fourth-order valence-electron chi connectivity index (χ4n) is 1.53. The van der Waals surface area contributed by atoms with Gasteiger partial charge in [0.25, 0.3) is 0 Å². The molecular weight excluding hydrogens is 221 g/mol. The van der Waals surface area contributed by atoms with Crippen molar-refractivity contribution >= 4 is 0 Å². The number of benzene rings is 1. The van der Waals surface area contributed by atoms with Crippen LogP contribution < -0.4 is 0 Å². The fraction of sp³-hybridized carbons (Fsp3) is 0.273. The molecule has 1 heterocycles. The highest BCUT2D eigenvalue weighted by molar-refractivity contribution is 5.27. The molecule has 0 saturated carbocycles. The zero-order chi connectivity index (χ0) is 11.7. The van der Waals surface area contributed by atoms with Gasteiger partial charge in [-0.2, -0.15) is 0 Å². The lowest BCUT2D eigenvalue weighted by atomic mass is 10.1. The number of aliphatic hydroxyl groups excluding tert-OH is 1. The molecule has 0 radical (unpaired) electrons. The first-order valence-corrected chi connectivity index (χ1v) is 4.75. The second-order valence-electron chi connectivity index (χ2n) is 3.41. The van der Waals surface area contributed by atoms with Gasteiger partial charge in [-0.25, -0.2) is 13.2 Å². The van der Waals surface area contributed by atoms with Gasteiger partial charge in [-0.3, -0.25) is 0 Å². The number of aliphatic hydroxyl groups is 1. The van der Waals surface area contributed by atoms with Crippen LogP contribution in [0.3, 0.4) is 0 Å². The van der Waals surface area contributed by atoms with Gasteiger partial charge in [0.05, 0.1) is 6.61 Å². The minimum absolute atomic E-state index is 0.171. The lowest BCUT2D eigenvalue weighted by molar-refractivity contribution is 0.115. The molecule has 0 fully saturated rings. The first-order chi connectivity index (χ1) is 7.61. The van der Waals surface area contributed by atoms with Gasteiger partial charge in [0.2, 0.25) is 0 Å². The Morgan fingerprint density at radius 1 is 1.19 bits per heavy atom. The smallest absolute Gasteiger partial charge is 0.194 e. The summed E-state index contributed by atoms with van der Waals surface area (Å²) in [4.78, 5) is 0. The van der Waals surface area contributed by atoms with Crippen LogP contribution in [0.15, 0.2) is 24.0 Å². The van der Waals surface area contributed by atoms with Crippen molar-refractivity contribution in [2.24, 2.45) is 0 Å². The Morgan fingerprint density at radius 3 is 2.56 bits per heavy atom. The van der Waals surface area contributed by atoms with Crippen molar-refractivity contribution in [2.45, 2.75) is 12.5 Å². The molecule has 0 spiro atoms. The lowest BCUT2D eigenvalue weighted by Gasteiger charge is -2.13. The first kappa shape index (κ1) is 11.0. The topological polar surface area (TPSA) is 29.5 Å². The number of hydrogen-bond donors (Lipinski definition) is 1. The van der Waals surface area contributed by atoms with Gasteiger partial charge >= 0.3 is 0 Å². The van der Waals surface area contributed by atoms with E-state index in [1.165, 1.54) is 0 Å². The Bertz CT molecular complexity index is 443. The van der Waals surface area contributed by atoms with E-state index in [4.69, 9.17) is 4.74 Å². The molecule has 5 heteroatoms. The van der Waals surface area contributed by atoms with Gasteiger partial charge in [0.1, 0.15) is 11.9 Å². The quantitative estimate of drug-likeness (QED) is 0.791. The Balaban J connectivity index is 2.37. The highest BCUT2D eigenvalue weighted by Crippen LogP contribution is 2.29. The third kappa shape index (κ3) is 1.78. The molecule has 1 aromatic carbocycles. The predicted octanol–water partition coefficient (Wildman–Crippen LogP) is 2.44. The SMILES string of the molecule is OC(C1=CCCO1)c1ccc(F)c(F)c1F. The number of halogens is 3. The molecule has 86 valence electrons. The maximum Gasteiger partial charge on any atom is 0.194 e. The molecule has 0 aliphatic carbocycles. The van der Waals surface area contributed by atoms with E-state index in [1.54, 1.807) is 6.08 Å². The fourth-order valence-corrected chi connectivity index (χ4v) is 1.53. The average Bonchev–Trinajstić information content (AvgIpc) is 2.79. The van der Waals surface area contributed by atoms with Crippen LogP contribution in [-0.2, 0) is 4.74 Å². The Kier molecular flexibility index (Phi) is 2.87. The summed E-state index contributed by atoms with van der Waals surface area (Å²) in [6.07, 6.45) is 0.806. The van der Waals surface area contributed by atoms with Crippen LogP contribution in [0.5, 0.6) is 0 Å². The number of rotatable bonds is 2. The van der Waals surface area contributed by atoms with Crippen LogP contribution in [0, 0.1) is 17.5 Å². The average molecular weight is 230 g/mol. The van der Waals surface area contributed by atoms with Gasteiger partial charge < -0.3 is 9.84 Å². The van der Waals surface area contributed by atoms with E-state index >= 15 is 0 Å². The van der Waals surface area contributed by atoms with Gasteiger partial charge in [0.15, 0.2) is 17.5 Å². The number of hydrogen-bond acceptors (Lipinski definition) is 2. The van der Waals surface area contributed by atoms with Crippen molar-refractivity contribution in [3.05, 3.63) is 47.0 Å². The summed E-state index contributed by atoms with van der Waals surface area (Å²) in [6.45, 7) is 0.400. The van der Waals surface area contributed by atoms with E-state index in [0.717, 1.165) is 12.1 Å². The van der Waals surface area contributed by atoms with Crippen molar-refractivity contribution in [1.29, 1.82) is 0 Å². The summed E-state index contributed by atoms with van der Waals surface area (Å²) < 4.78 is 43.9. The molecule has 0 amide bonds. The van der Waals surface area contributed by atoms with E-state index in [2.05, 4.69) is 0 Å². The highest BCUT2D eigenvalue weighted by Gasteiger charge is 2.24. The van der Waals surface area contributed by atoms with Crippen molar-refractivity contribution < 1.29 is 23.0 Å². The van der Waals surface area contributed by atoms with E-state index in [0.29, 0.717) is 13.0 Å². The molecular formula is C11H9F3O2. The Hall–Kier alpha value is -1.49. The second kappa shape index (κ2) is 4.17. The molecule has 16 heavy (non-hydrogen) atoms. The predicted molar refractivity (Wildman–Crippen MR) is 49.9 cm³/mol. The van der Waals surface area contributed by atoms with Crippen LogP contribution in [0.4, 0.5) is 13.2 Å². The molecule has 1 aliphatic heterocycles. The summed E-state index contributed by atoms with van der Waals surface area (Å²) in [5.74, 6) is -4.08. The monoisotopic (exact) mass is 230 g/mol. The van der Waals surface area contributed by atoms with Crippen molar-refractivity contribution in [2.75, 3.05) is 6.61 Å². The summed E-state index contributed by atoms with van der Waals surface area (Å²) in [6, 6.07) is 1.77. The zero-order valence-electron chi connectivity index (χ0n) is 8.21. The maximum absolute atomic E-state index is 13.3. The second-order valence-corrected chi connectivity index (χ2v) is 3.41. The molecule has 1 unspecified atom stereocenters. The molecule has 0 aromatic heterocycles. The van der Waals surface area contributed by atoms with Gasteiger partial charge in [0, 0.05) is 12.0 Å². The third-order valence-electron chi connectivity index (χ3n) is 2.36. The Labute approximate surface area is 90.0 Å². The molecule has 1 atom stereocenters. The summed E-state index contributed by atoms with van der Waals surface area (Å²) >= 11 is 0. The van der Waals surface area contributed by atoms with E-state index in [-0.39, 0.29) is 11.3 Å². The van der Waals surface area contributed by atoms with Gasteiger partial charge in [-0.05, 0) is 18.2 Å². The highest BCUT2D eigenvalue weighted by atomic mass is 19.2. The van der Waals surface area contributed by atoms with Crippen molar-refractivity contribution in [3.63, 3.8) is 0 Å². The van der Waals surface area contributed by atoms with Crippen LogP contribution in [0.25, 0.3) is 0 Å². The van der Waals surface area contributed by atoms with Crippen molar-refractivity contribution in [1.82, 2.24) is 0 Å².